The maximum atomic E-state index is 13.0. The predicted molar refractivity (Wildman–Crippen MR) is 169 cm³/mol. The van der Waals surface area contributed by atoms with Gasteiger partial charge in [-0.25, -0.2) is 0 Å². The molecule has 6 rings (SSSR count). The third-order valence-corrected chi connectivity index (χ3v) is 21.1. The molecule has 0 bridgehead atoms. The predicted octanol–water partition coefficient (Wildman–Crippen LogP) is 7.14. The van der Waals surface area contributed by atoms with Crippen LogP contribution in [0.4, 0.5) is 0 Å². The van der Waals surface area contributed by atoms with Crippen molar-refractivity contribution in [1.82, 2.24) is 0 Å². The van der Waals surface area contributed by atoms with Crippen molar-refractivity contribution in [2.45, 2.75) is 127 Å². The SMILES string of the molecule is CC(C)(C)[Si](C)(C)O[C@H]1CC[C@@]2(C)[C@H](CC[C@@H]3[C@@H]2CC[C@]2(C)[C@@H](C4COC(=O)C4[Se]c4ccccc4)CC[C@]32O)C1. The fraction of sp³-hybridized carbons (Fsp3) is 0.800. The molecule has 2 unspecified atom stereocenters. The summed E-state index contributed by atoms with van der Waals surface area (Å²) >= 11 is 0.0600. The second-order valence-corrected chi connectivity index (χ2v) is 23.7. The maximum absolute atomic E-state index is 13.0. The molecule has 0 spiro atoms. The molecule has 5 fully saturated rings. The van der Waals surface area contributed by atoms with Gasteiger partial charge in [0.25, 0.3) is 0 Å². The number of carbonyl (C=O) groups excluding carboxylic acids is 1. The van der Waals surface area contributed by atoms with Crippen LogP contribution in [-0.2, 0) is 14.0 Å². The first-order valence-electron chi connectivity index (χ1n) is 16.5. The molecule has 1 saturated heterocycles. The third-order valence-electron chi connectivity index (χ3n) is 13.7. The fourth-order valence-corrected chi connectivity index (χ4v) is 14.2. The van der Waals surface area contributed by atoms with Crippen LogP contribution in [-0.4, -0.2) is 52.7 Å². The van der Waals surface area contributed by atoms with Crippen molar-refractivity contribution < 1.29 is 19.1 Å². The molecular formula is C35H54O4SeSi. The zero-order valence-corrected chi connectivity index (χ0v) is 29.3. The Morgan fingerprint density at radius 1 is 0.951 bits per heavy atom. The molecule has 1 aliphatic heterocycles. The van der Waals surface area contributed by atoms with Gasteiger partial charge in [0.05, 0.1) is 0 Å². The van der Waals surface area contributed by atoms with Gasteiger partial charge in [-0.05, 0) is 18.1 Å². The molecule has 6 heteroatoms. The van der Waals surface area contributed by atoms with Crippen LogP contribution in [0.25, 0.3) is 0 Å². The van der Waals surface area contributed by atoms with E-state index in [9.17, 15) is 9.90 Å². The summed E-state index contributed by atoms with van der Waals surface area (Å²) in [6, 6.07) is 10.5. The Hall–Kier alpha value is -0.654. The van der Waals surface area contributed by atoms with Gasteiger partial charge in [-0.2, -0.15) is 0 Å². The summed E-state index contributed by atoms with van der Waals surface area (Å²) in [5.74, 6) is 2.26. The minimum absolute atomic E-state index is 0.00345. The van der Waals surface area contributed by atoms with Gasteiger partial charge in [0.15, 0.2) is 8.32 Å². The molecule has 0 amide bonds. The van der Waals surface area contributed by atoms with Crippen molar-refractivity contribution in [1.29, 1.82) is 0 Å². The Kier molecular flexibility index (Phi) is 7.75. The van der Waals surface area contributed by atoms with Gasteiger partial charge in [0.1, 0.15) is 0 Å². The topological polar surface area (TPSA) is 55.8 Å². The molecule has 228 valence electrons. The van der Waals surface area contributed by atoms with E-state index in [0.29, 0.717) is 41.8 Å². The van der Waals surface area contributed by atoms with Crippen LogP contribution in [0.1, 0.15) is 92.4 Å². The molecule has 0 aromatic heterocycles. The number of benzene rings is 1. The average Bonchev–Trinajstić information content (AvgIpc) is 3.39. The van der Waals surface area contributed by atoms with E-state index in [0.717, 1.165) is 25.7 Å². The number of fused-ring (bicyclic) bond motifs is 5. The van der Waals surface area contributed by atoms with Gasteiger partial charge in [-0.3, -0.25) is 0 Å². The molecule has 10 atom stereocenters. The number of aliphatic hydroxyl groups is 1. The van der Waals surface area contributed by atoms with Crippen molar-refractivity contribution in [2.24, 2.45) is 40.4 Å². The normalized spacial score (nSPS) is 44.6. The third kappa shape index (κ3) is 4.85. The van der Waals surface area contributed by atoms with Crippen LogP contribution >= 0.6 is 0 Å². The minimum atomic E-state index is -1.78. The van der Waals surface area contributed by atoms with Crippen molar-refractivity contribution in [3.05, 3.63) is 30.3 Å². The van der Waals surface area contributed by atoms with Gasteiger partial charge in [-0.15, -0.1) is 0 Å². The first kappa shape index (κ1) is 30.4. The van der Waals surface area contributed by atoms with E-state index in [2.05, 4.69) is 72.0 Å². The molecular weight excluding hydrogens is 591 g/mol. The first-order chi connectivity index (χ1) is 19.2. The Bertz CT molecular complexity index is 1130. The van der Waals surface area contributed by atoms with E-state index in [-0.39, 0.29) is 42.1 Å². The number of esters is 1. The van der Waals surface area contributed by atoms with Crippen LogP contribution in [0.2, 0.25) is 22.9 Å². The van der Waals surface area contributed by atoms with E-state index in [1.54, 1.807) is 0 Å². The van der Waals surface area contributed by atoms with E-state index in [1.165, 1.54) is 36.6 Å². The molecule has 0 radical (unpaired) electrons. The molecule has 1 N–H and O–H groups in total. The van der Waals surface area contributed by atoms with E-state index >= 15 is 0 Å². The van der Waals surface area contributed by atoms with Crippen LogP contribution in [0.3, 0.4) is 0 Å². The van der Waals surface area contributed by atoms with E-state index in [4.69, 9.17) is 9.16 Å². The number of hydrogen-bond donors (Lipinski definition) is 1. The number of ether oxygens (including phenoxy) is 1. The monoisotopic (exact) mass is 646 g/mol. The van der Waals surface area contributed by atoms with Crippen molar-refractivity contribution in [3.8, 4) is 0 Å². The molecule has 1 aromatic rings. The summed E-state index contributed by atoms with van der Waals surface area (Å²) in [7, 11) is -1.78. The number of rotatable bonds is 5. The van der Waals surface area contributed by atoms with Crippen molar-refractivity contribution >= 4 is 33.7 Å². The number of cyclic esters (lactones) is 1. The van der Waals surface area contributed by atoms with Crippen molar-refractivity contribution in [3.63, 3.8) is 0 Å². The molecule has 4 nitrogen and oxygen atoms in total. The number of hydrogen-bond acceptors (Lipinski definition) is 4. The Labute approximate surface area is 256 Å². The summed E-state index contributed by atoms with van der Waals surface area (Å²) < 4.78 is 14.0. The number of carbonyl (C=O) groups is 1. The van der Waals surface area contributed by atoms with Crippen LogP contribution in [0.5, 0.6) is 0 Å². The summed E-state index contributed by atoms with van der Waals surface area (Å²) in [4.78, 5) is 13.0. The van der Waals surface area contributed by atoms with Gasteiger partial charge < -0.3 is 0 Å². The van der Waals surface area contributed by atoms with Crippen LogP contribution < -0.4 is 4.46 Å². The first-order valence-corrected chi connectivity index (χ1v) is 21.2. The van der Waals surface area contributed by atoms with Gasteiger partial charge in [0, 0.05) is 0 Å². The van der Waals surface area contributed by atoms with E-state index < -0.39 is 13.9 Å². The van der Waals surface area contributed by atoms with Gasteiger partial charge >= 0.3 is 210 Å². The fourth-order valence-electron chi connectivity index (χ4n) is 10.2. The van der Waals surface area contributed by atoms with Gasteiger partial charge in [-0.1, -0.05) is 20.8 Å². The Morgan fingerprint density at radius 3 is 2.37 bits per heavy atom. The summed E-state index contributed by atoms with van der Waals surface area (Å²) in [5, 5.41) is 13.0. The standard InChI is InChI=1S/C35H54O4SeSi/c1-32(2,3)41(6,7)39-24-15-18-33(4)23(21-24)13-14-29-28(33)16-19-34(5)27(17-20-35(29,34)37)26-22-38-31(36)30(26)40-25-11-9-8-10-12-25/h8-12,23-24,26-30,37H,13-22H2,1-7H3/t23-,24+,26?,27-,28+,29-,30?,33+,34-,35+/m1/s1. The molecule has 1 aromatic carbocycles. The second kappa shape index (κ2) is 10.5. The summed E-state index contributed by atoms with van der Waals surface area (Å²) in [5.41, 5.74) is -0.459. The van der Waals surface area contributed by atoms with Crippen LogP contribution in [0, 0.1) is 40.4 Å². The molecule has 1 heterocycles. The zero-order valence-electron chi connectivity index (χ0n) is 26.6. The molecule has 5 aliphatic rings. The molecule has 4 aliphatic carbocycles. The molecule has 41 heavy (non-hydrogen) atoms. The Balaban J connectivity index is 1.19. The van der Waals surface area contributed by atoms with E-state index in [1.807, 2.05) is 6.07 Å². The van der Waals surface area contributed by atoms with Gasteiger partial charge in [0.2, 0.25) is 0 Å². The average molecular weight is 646 g/mol. The molecule has 4 saturated carbocycles. The second-order valence-electron chi connectivity index (χ2n) is 16.4. The summed E-state index contributed by atoms with van der Waals surface area (Å²) in [6.45, 7) is 17.4. The van der Waals surface area contributed by atoms with Crippen LogP contribution in [0.15, 0.2) is 30.3 Å². The quantitative estimate of drug-likeness (QED) is 0.273. The van der Waals surface area contributed by atoms with Crippen molar-refractivity contribution in [2.75, 3.05) is 6.61 Å². The Morgan fingerprint density at radius 2 is 1.66 bits per heavy atom. The summed E-state index contributed by atoms with van der Waals surface area (Å²) in [6.07, 6.45) is 10.6. The zero-order chi connectivity index (χ0) is 29.4.